The molecule has 1 aliphatic carbocycles. The van der Waals surface area contributed by atoms with E-state index in [9.17, 15) is 55.5 Å². The van der Waals surface area contributed by atoms with E-state index < -0.39 is 57.9 Å². The number of phenols is 9. The summed E-state index contributed by atoms with van der Waals surface area (Å²) in [5.41, 5.74) is 0.862. The SMILES string of the molecule is CC(C)=CC/C(=C\c1ccc(O)cc1O)C(=O)c1c(O)cc(O)c(C2C=C(C)CC(c3ccc(O)cc3O)C2C(=O)c2ccc(O)cc2O)c1O. The molecule has 0 saturated carbocycles. The van der Waals surface area contributed by atoms with Crippen molar-refractivity contribution in [3.8, 4) is 51.7 Å². The van der Waals surface area contributed by atoms with Crippen molar-refractivity contribution < 1.29 is 55.5 Å². The molecule has 9 N–H and O–H groups in total. The smallest absolute Gasteiger partial charge is 0.196 e. The number of Topliss-reactive ketones (excluding diaryl/α,β-unsaturated/α-hetero) is 2. The van der Waals surface area contributed by atoms with Gasteiger partial charge in [-0.15, -0.1) is 0 Å². The zero-order valence-electron chi connectivity index (χ0n) is 28.0. The minimum absolute atomic E-state index is 0.00244. The van der Waals surface area contributed by atoms with Crippen molar-refractivity contribution in [3.05, 3.63) is 117 Å². The van der Waals surface area contributed by atoms with Crippen LogP contribution in [0.15, 0.2) is 89.5 Å². The molecule has 4 aromatic carbocycles. The van der Waals surface area contributed by atoms with Crippen LogP contribution in [0.4, 0.5) is 0 Å². The zero-order chi connectivity index (χ0) is 37.3. The molecule has 5 rings (SSSR count). The second kappa shape index (κ2) is 14.2. The highest BCUT2D eigenvalue weighted by Gasteiger charge is 2.44. The summed E-state index contributed by atoms with van der Waals surface area (Å²) in [6.07, 6.45) is 4.87. The van der Waals surface area contributed by atoms with Gasteiger partial charge < -0.3 is 46.0 Å². The zero-order valence-corrected chi connectivity index (χ0v) is 28.0. The third-order valence-electron chi connectivity index (χ3n) is 9.01. The van der Waals surface area contributed by atoms with E-state index in [1.54, 1.807) is 32.9 Å². The second-order valence-electron chi connectivity index (χ2n) is 13.0. The molecule has 0 radical (unpaired) electrons. The Morgan fingerprint density at radius 2 is 1.33 bits per heavy atom. The normalized spacial score (nSPS) is 17.4. The van der Waals surface area contributed by atoms with Crippen LogP contribution in [0, 0.1) is 5.92 Å². The summed E-state index contributed by atoms with van der Waals surface area (Å²) in [5, 5.41) is 96.0. The fourth-order valence-corrected chi connectivity index (χ4v) is 6.61. The van der Waals surface area contributed by atoms with Gasteiger partial charge in [0.2, 0.25) is 0 Å². The molecule has 3 unspecified atom stereocenters. The number of aromatic hydroxyl groups is 9. The van der Waals surface area contributed by atoms with Crippen LogP contribution in [0.3, 0.4) is 0 Å². The maximum Gasteiger partial charge on any atom is 0.196 e. The van der Waals surface area contributed by atoms with Crippen LogP contribution in [0.5, 0.6) is 51.7 Å². The highest BCUT2D eigenvalue weighted by molar-refractivity contribution is 6.15. The third kappa shape index (κ3) is 7.32. The maximum absolute atomic E-state index is 14.5. The molecular weight excluding hydrogens is 656 g/mol. The van der Waals surface area contributed by atoms with Crippen LogP contribution >= 0.6 is 0 Å². The average Bonchev–Trinajstić information content (AvgIpc) is 3.03. The fraction of sp³-hybridized carbons (Fsp3) is 0.200. The van der Waals surface area contributed by atoms with Gasteiger partial charge in [0.05, 0.1) is 5.56 Å². The summed E-state index contributed by atoms with van der Waals surface area (Å²) < 4.78 is 0. The first-order valence-corrected chi connectivity index (χ1v) is 16.0. The van der Waals surface area contributed by atoms with Gasteiger partial charge >= 0.3 is 0 Å². The van der Waals surface area contributed by atoms with E-state index in [-0.39, 0.29) is 69.4 Å². The Labute approximate surface area is 293 Å². The van der Waals surface area contributed by atoms with Crippen molar-refractivity contribution in [2.45, 2.75) is 45.4 Å². The molecule has 0 aromatic heterocycles. The lowest BCUT2D eigenvalue weighted by Gasteiger charge is -2.37. The molecule has 11 heteroatoms. The molecule has 0 bridgehead atoms. The summed E-state index contributed by atoms with van der Waals surface area (Å²) in [4.78, 5) is 28.7. The van der Waals surface area contributed by atoms with Crippen molar-refractivity contribution >= 4 is 17.6 Å². The molecule has 0 saturated heterocycles. The Morgan fingerprint density at radius 1 is 0.725 bits per heavy atom. The summed E-state index contributed by atoms with van der Waals surface area (Å²) in [7, 11) is 0. The van der Waals surface area contributed by atoms with Gasteiger partial charge in [-0.05, 0) is 75.6 Å². The first-order chi connectivity index (χ1) is 24.1. The number of hydrogen-bond donors (Lipinski definition) is 9. The monoisotopic (exact) mass is 694 g/mol. The molecule has 0 amide bonds. The Hall–Kier alpha value is -6.36. The van der Waals surface area contributed by atoms with E-state index in [4.69, 9.17) is 0 Å². The Bertz CT molecular complexity index is 2140. The molecule has 264 valence electrons. The van der Waals surface area contributed by atoms with Crippen molar-refractivity contribution in [3.63, 3.8) is 0 Å². The maximum atomic E-state index is 14.5. The number of allylic oxidation sites excluding steroid dienone is 5. The number of rotatable bonds is 9. The van der Waals surface area contributed by atoms with Crippen LogP contribution in [0.1, 0.15) is 82.9 Å². The minimum atomic E-state index is -1.27. The highest BCUT2D eigenvalue weighted by atomic mass is 16.3. The molecule has 4 aromatic rings. The number of carbonyl (C=O) groups is 2. The molecule has 51 heavy (non-hydrogen) atoms. The first kappa shape index (κ1) is 35.9. The van der Waals surface area contributed by atoms with Crippen LogP contribution in [0.25, 0.3) is 6.08 Å². The fourth-order valence-electron chi connectivity index (χ4n) is 6.61. The van der Waals surface area contributed by atoms with Crippen molar-refractivity contribution in [1.29, 1.82) is 0 Å². The standard InChI is InChI=1S/C40H38O11/c1-19(2)4-5-22(14-21-6-7-23(41)15-30(21)44)38(49)37-34(48)18-33(47)36(40(37)51)29-13-20(3)12-28(26-10-8-24(42)16-31(26)45)35(29)39(50)27-11-9-25(43)17-32(27)46/h4,6-11,13-18,28-29,35,41-48,51H,5,12H2,1-3H3/b22-14+. The van der Waals surface area contributed by atoms with Gasteiger partial charge in [-0.25, -0.2) is 0 Å². The van der Waals surface area contributed by atoms with Crippen LogP contribution in [-0.2, 0) is 0 Å². The van der Waals surface area contributed by atoms with Gasteiger partial charge in [-0.3, -0.25) is 9.59 Å². The Balaban J connectivity index is 1.73. The quantitative estimate of drug-likeness (QED) is 0.0478. The number of hydrogen-bond acceptors (Lipinski definition) is 11. The molecular formula is C40H38O11. The molecule has 1 aliphatic rings. The Morgan fingerprint density at radius 3 is 1.94 bits per heavy atom. The van der Waals surface area contributed by atoms with Gasteiger partial charge in [0.1, 0.15) is 57.3 Å². The summed E-state index contributed by atoms with van der Waals surface area (Å²) in [6.45, 7) is 5.34. The van der Waals surface area contributed by atoms with E-state index in [1.807, 2.05) is 0 Å². The molecule has 0 fully saturated rings. The number of phenolic OH excluding ortho intramolecular Hbond substituents is 9. The molecule has 0 heterocycles. The average molecular weight is 695 g/mol. The number of benzene rings is 4. The van der Waals surface area contributed by atoms with E-state index >= 15 is 0 Å². The van der Waals surface area contributed by atoms with Gasteiger partial charge in [-0.1, -0.05) is 29.4 Å². The summed E-state index contributed by atoms with van der Waals surface area (Å²) in [5.74, 6) is -9.08. The van der Waals surface area contributed by atoms with Crippen LogP contribution in [0.2, 0.25) is 0 Å². The topological polar surface area (TPSA) is 216 Å². The van der Waals surface area contributed by atoms with E-state index in [0.717, 1.165) is 29.8 Å². The van der Waals surface area contributed by atoms with Crippen molar-refractivity contribution in [1.82, 2.24) is 0 Å². The van der Waals surface area contributed by atoms with E-state index in [2.05, 4.69) is 0 Å². The van der Waals surface area contributed by atoms with Crippen molar-refractivity contribution in [2.24, 2.45) is 5.92 Å². The second-order valence-corrected chi connectivity index (χ2v) is 13.0. The Kier molecular flexibility index (Phi) is 10.0. The molecule has 0 aliphatic heterocycles. The lowest BCUT2D eigenvalue weighted by molar-refractivity contribution is 0.0876. The number of ketones is 2. The predicted octanol–water partition coefficient (Wildman–Crippen LogP) is 7.38. The van der Waals surface area contributed by atoms with Gasteiger partial charge in [-0.2, -0.15) is 0 Å². The van der Waals surface area contributed by atoms with Gasteiger partial charge in [0.15, 0.2) is 11.6 Å². The summed E-state index contributed by atoms with van der Waals surface area (Å²) in [6, 6.07) is 11.9. The lowest BCUT2D eigenvalue weighted by atomic mass is 9.65. The van der Waals surface area contributed by atoms with Gasteiger partial charge in [0, 0.05) is 58.7 Å². The molecule has 0 spiro atoms. The van der Waals surface area contributed by atoms with Crippen molar-refractivity contribution in [2.75, 3.05) is 0 Å². The van der Waals surface area contributed by atoms with Gasteiger partial charge in [0.25, 0.3) is 0 Å². The number of carbonyl (C=O) groups excluding carboxylic acids is 2. The van der Waals surface area contributed by atoms with E-state index in [1.165, 1.54) is 42.5 Å². The first-order valence-electron chi connectivity index (χ1n) is 16.0. The summed E-state index contributed by atoms with van der Waals surface area (Å²) >= 11 is 0. The van der Waals surface area contributed by atoms with Crippen LogP contribution < -0.4 is 0 Å². The largest absolute Gasteiger partial charge is 0.508 e. The minimum Gasteiger partial charge on any atom is -0.508 e. The third-order valence-corrected chi connectivity index (χ3v) is 9.01. The molecule has 11 nitrogen and oxygen atoms in total. The van der Waals surface area contributed by atoms with Crippen LogP contribution in [-0.4, -0.2) is 57.5 Å². The highest BCUT2D eigenvalue weighted by Crippen LogP contribution is 2.54. The van der Waals surface area contributed by atoms with E-state index in [0.29, 0.717) is 5.57 Å². The lowest BCUT2D eigenvalue weighted by Crippen LogP contribution is -2.31. The molecule has 3 atom stereocenters. The predicted molar refractivity (Wildman–Crippen MR) is 189 cm³/mol.